The number of ketones is 1. The number of nitrogens with zero attached hydrogens (tertiary/aromatic N) is 11. The van der Waals surface area contributed by atoms with E-state index < -0.39 is 59.2 Å². The molecule has 0 atom stereocenters. The molecule has 5 heterocycles. The number of carbonyl (C=O) groups is 7. The van der Waals surface area contributed by atoms with Gasteiger partial charge in [-0.25, -0.2) is 24.0 Å². The zero-order chi connectivity index (χ0) is 70.5. The van der Waals surface area contributed by atoms with Gasteiger partial charge in [0.15, 0.2) is 75.6 Å². The Hall–Kier alpha value is -4.98. The Morgan fingerprint density at radius 1 is 0.693 bits per heavy atom. The normalized spacial score (nSPS) is 9.77. The van der Waals surface area contributed by atoms with E-state index in [1.54, 1.807) is 77.0 Å². The van der Waals surface area contributed by atoms with Crippen molar-refractivity contribution in [2.45, 2.75) is 80.4 Å². The van der Waals surface area contributed by atoms with Gasteiger partial charge in [0.2, 0.25) is 5.78 Å². The number of amides is 2. The minimum atomic E-state index is -1.25. The number of aromatic nitrogens is 10. The molecule has 453 valence electrons. The zero-order valence-corrected chi connectivity index (χ0v) is 54.8. The van der Waals surface area contributed by atoms with Crippen LogP contribution in [-0.4, -0.2) is 265 Å². The van der Waals surface area contributed by atoms with Crippen molar-refractivity contribution in [1.82, 2.24) is 48.5 Å². The van der Waals surface area contributed by atoms with Gasteiger partial charge in [0.1, 0.15) is 17.0 Å². The number of hydrogen-bond donors (Lipinski definition) is 4. The maximum absolute atomic E-state index is 12.5. The van der Waals surface area contributed by atoms with Crippen LogP contribution < -0.4 is 101 Å². The fraction of sp³-hybridized carbons (Fsp3) is 0.436. The number of halogens is 7. The third-order valence-corrected chi connectivity index (χ3v) is 7.62. The van der Waals surface area contributed by atoms with Crippen molar-refractivity contribution < 1.29 is 135 Å². The van der Waals surface area contributed by atoms with Gasteiger partial charge in [-0.3, -0.25) is 38.0 Å². The largest absolute Gasteiger partial charge is 1.00 e. The fourth-order valence-electron chi connectivity index (χ4n) is 4.25. The number of rotatable bonds is 20. The maximum Gasteiger partial charge on any atom is 1.00 e. The first kappa shape index (κ1) is 85.1. The number of carboxylic acid groups (broad SMARTS) is 1. The summed E-state index contributed by atoms with van der Waals surface area (Å²) in [5.41, 5.74) is 7.87. The molecule has 0 fully saturated rings. The van der Waals surface area contributed by atoms with Crippen LogP contribution in [0.4, 0.5) is 52.9 Å². The summed E-state index contributed by atoms with van der Waals surface area (Å²) in [4.78, 5) is 76.8. The molecule has 5 aromatic heterocycles. The average molecular weight is 1370 g/mol. The molecule has 5 N–H and O–H groups in total. The molecular formula is C39H60B15F6IKN14O12. The number of carboxylic acids is 1. The van der Waals surface area contributed by atoms with Gasteiger partial charge in [-0.15, -0.1) is 0 Å². The second-order valence-corrected chi connectivity index (χ2v) is 16.1. The number of esters is 2. The number of aromatic carboxylic acids is 1. The van der Waals surface area contributed by atoms with E-state index in [4.69, 9.17) is 22.6 Å². The number of Topliss-reactive ketones (excluding diaryl/α,β-unsaturated/α-hetero) is 1. The molecule has 0 aromatic carbocycles. The van der Waals surface area contributed by atoms with Crippen LogP contribution >= 0.6 is 22.4 Å². The Bertz CT molecular complexity index is 2820. The first-order valence-corrected chi connectivity index (χ1v) is 24.0. The van der Waals surface area contributed by atoms with Crippen LogP contribution in [-0.2, 0) is 33.3 Å². The van der Waals surface area contributed by atoms with E-state index in [2.05, 4.69) is 57.0 Å². The zero-order valence-electron chi connectivity index (χ0n) is 55.5. The Kier molecular flexibility index (Phi) is 52.0. The number of anilines is 3. The van der Waals surface area contributed by atoms with Crippen LogP contribution in [0.25, 0.3) is 0 Å². The van der Waals surface area contributed by atoms with E-state index in [1.165, 1.54) is 32.4 Å². The van der Waals surface area contributed by atoms with E-state index in [0.717, 1.165) is 75.5 Å². The summed E-state index contributed by atoms with van der Waals surface area (Å²) in [7, 11) is 11.8. The third-order valence-electron chi connectivity index (χ3n) is 7.62. The second-order valence-electron chi connectivity index (χ2n) is 16.1. The molecule has 5 rings (SSSR count). The Morgan fingerprint density at radius 3 is 1.40 bits per heavy atom. The standard InChI is InChI=1S/C9H14B2FN3O2.C8H12B2FN3O2.C5H5B2FN2O2.C5H6BO4.C4H6B2FN3.C4H3B2FN2O2.C2H6.CH4BFN.CH4.BI.2B.K/c1-9(2,3)17-8(16)14(4)7-5-6(10)15(11-12)13-7;1-8(2,3)16-7(15)12-6-4-5(9)14(10-11)13-6;1-12-5(11)3-2-4(6)10(7-8)9-3;1-10-5(9)3(7)2-4(6)8;1-8-4-2-3(5)10(6-7)9-4;5-3-1-2(4(10)11)8-9(3)6-7;1-2;3-2-1-4;;1-2;;;/h5,10H,1-4H3;4,9H,1-3H3,(H,12,13,15);2,6H,1H3;6H,2H2,1H3;2,5H,1H3,(H,8,9);1,5H,(H,10,11);1-2H3;1,4H2;1H4;;;;/q;;;;;;;;;;;-1;+1/i10D;9D;2*6D;2*5D;;;;;;;. The molecule has 0 saturated heterocycles. The topological polar surface area (TPSA) is 319 Å². The Labute approximate surface area is 589 Å². The van der Waals surface area contributed by atoms with Crippen molar-refractivity contribution in [3.8, 4) is 0 Å². The molecule has 0 bridgehead atoms. The number of methoxy groups -OCH3 is 2. The maximum atomic E-state index is 12.5. The summed E-state index contributed by atoms with van der Waals surface area (Å²) < 4.78 is 135. The summed E-state index contributed by atoms with van der Waals surface area (Å²) in [6, 6.07) is 6.70. The summed E-state index contributed by atoms with van der Waals surface area (Å²) in [6.07, 6.45) is -1.84. The van der Waals surface area contributed by atoms with Gasteiger partial charge in [-0.05, 0) is 114 Å². The van der Waals surface area contributed by atoms with Crippen LogP contribution in [0.15, 0.2) is 30.3 Å². The Balaban J connectivity index is -0.000000154. The smallest absolute Gasteiger partial charge is 1.00 e. The van der Waals surface area contributed by atoms with E-state index in [1.807, 2.05) is 13.8 Å². The van der Waals surface area contributed by atoms with E-state index in [-0.39, 0.29) is 158 Å². The van der Waals surface area contributed by atoms with Gasteiger partial charge in [0.25, 0.3) is 0 Å². The SMILES string of the molecule is C.CC.NC[B]F.[2H][B]C(=O)CC(=O)C(=O)OC.[2H][B]c1cc(C(=O)O)nn1[B]F.[2H][B]c1cc(C(=O)OC)nn1[B]F.[2H][B]c1cc(N(C)C(=O)OC(C)(C)C)nn1[B]F.[2H][B]c1cc(NC(=O)OC(C)(C)C)nn1[B]F.[2H][B]c1cc(NC)nn1[B]F.[B-].[B].[B]I.[K+]. The summed E-state index contributed by atoms with van der Waals surface area (Å²) >= 11 is 1.65. The van der Waals surface area contributed by atoms with Crippen molar-refractivity contribution in [3.63, 3.8) is 0 Å². The summed E-state index contributed by atoms with van der Waals surface area (Å²) in [5.74, 6) is -3.04. The molecule has 0 aliphatic heterocycles. The van der Waals surface area contributed by atoms with E-state index in [0.29, 0.717) is 39.1 Å². The van der Waals surface area contributed by atoms with Crippen molar-refractivity contribution >= 4 is 225 Å². The number of ether oxygens (including phenoxy) is 4. The van der Waals surface area contributed by atoms with Gasteiger partial charge in [-0.2, -0.15) is 47.9 Å². The van der Waals surface area contributed by atoms with Gasteiger partial charge in [0, 0.05) is 22.5 Å². The van der Waals surface area contributed by atoms with Gasteiger partial charge >= 0.3 is 127 Å². The van der Waals surface area contributed by atoms with Crippen molar-refractivity contribution in [1.29, 1.82) is 8.01 Å². The molecule has 0 aliphatic rings. The van der Waals surface area contributed by atoms with Crippen LogP contribution in [0.3, 0.4) is 0 Å². The number of hydrogen-bond acceptors (Lipinski definition) is 18. The van der Waals surface area contributed by atoms with E-state index >= 15 is 0 Å². The summed E-state index contributed by atoms with van der Waals surface area (Å²) in [6.45, 7) is 14.4. The molecule has 88 heavy (non-hydrogen) atoms. The molecule has 26 nitrogen and oxygen atoms in total. The van der Waals surface area contributed by atoms with Crippen LogP contribution in [0.1, 0.15) is 90.2 Å². The molecule has 0 saturated carbocycles. The average Bonchev–Trinajstić information content (AvgIpc) is 1.88. The van der Waals surface area contributed by atoms with Crippen LogP contribution in [0.5, 0.6) is 0 Å². The third kappa shape index (κ3) is 42.9. The quantitative estimate of drug-likeness (QED) is 0.0107. The molecule has 0 spiro atoms. The molecule has 2 amide bonds. The number of carbonyl (C=O) groups excluding carboxylic acids is 6. The van der Waals surface area contributed by atoms with E-state index in [9.17, 15) is 59.5 Å². The molecule has 0 aliphatic carbocycles. The number of nitrogens with one attached hydrogen (secondary N) is 2. The minimum absolute atomic E-state index is 0. The predicted octanol–water partition coefficient (Wildman–Crippen LogP) is -7.50. The predicted molar refractivity (Wildman–Crippen MR) is 348 cm³/mol. The monoisotopic (exact) mass is 1370 g/mol. The first-order valence-electron chi connectivity index (χ1n) is 26.2. The first-order chi connectivity index (χ1) is 42.4. The van der Waals surface area contributed by atoms with Crippen LogP contribution in [0.2, 0.25) is 0 Å². The molecule has 49 heteroatoms. The summed E-state index contributed by atoms with van der Waals surface area (Å²) in [5, 5.41) is 31.6. The fourth-order valence-corrected chi connectivity index (χ4v) is 4.25. The van der Waals surface area contributed by atoms with Gasteiger partial charge < -0.3 is 74.2 Å². The van der Waals surface area contributed by atoms with Crippen molar-refractivity contribution in [3.05, 3.63) is 41.7 Å². The number of nitrogens with two attached hydrogens (primary N) is 1. The van der Waals surface area contributed by atoms with Gasteiger partial charge in [0.05, 0.1) is 26.3 Å². The van der Waals surface area contributed by atoms with Crippen LogP contribution in [0, 0.1) is 0 Å². The molecule has 21 radical (unpaired) electrons. The van der Waals surface area contributed by atoms with Gasteiger partial charge in [-0.1, -0.05) is 21.3 Å². The molecule has 0 unspecified atom stereocenters. The minimum Gasteiger partial charge on any atom is -1.00 e. The second kappa shape index (κ2) is 53.8. The van der Waals surface area contributed by atoms with Crippen molar-refractivity contribution in [2.75, 3.05) is 50.3 Å². The Morgan fingerprint density at radius 2 is 1.07 bits per heavy atom. The molecular weight excluding hydrogens is 1300 g/mol. The van der Waals surface area contributed by atoms with Crippen molar-refractivity contribution in [2.24, 2.45) is 5.73 Å². The molecule has 5 aromatic rings.